The number of halogens is 1. The van der Waals surface area contributed by atoms with Crippen molar-refractivity contribution in [1.82, 2.24) is 4.90 Å². The number of hydrogen-bond donors (Lipinski definition) is 0. The van der Waals surface area contributed by atoms with Crippen molar-refractivity contribution in [2.75, 3.05) is 7.11 Å². The van der Waals surface area contributed by atoms with Crippen LogP contribution in [0.5, 0.6) is 5.75 Å². The topological polar surface area (TPSA) is 46.6 Å². The van der Waals surface area contributed by atoms with Crippen LogP contribution >= 0.6 is 11.6 Å². The van der Waals surface area contributed by atoms with Crippen molar-refractivity contribution in [3.05, 3.63) is 87.2 Å². The minimum atomic E-state index is -0.338. The Hall–Kier alpha value is -2.85. The third kappa shape index (κ3) is 4.52. The van der Waals surface area contributed by atoms with Crippen LogP contribution < -0.4 is 4.74 Å². The number of benzene rings is 2. The first kappa shape index (κ1) is 24.8. The van der Waals surface area contributed by atoms with Gasteiger partial charge in [-0.15, -0.1) is 0 Å². The van der Waals surface area contributed by atoms with E-state index in [1.807, 2.05) is 48.5 Å². The molecular formula is C31H34ClNO3. The lowest BCUT2D eigenvalue weighted by Gasteiger charge is -2.49. The van der Waals surface area contributed by atoms with Gasteiger partial charge in [0, 0.05) is 52.9 Å². The Morgan fingerprint density at radius 2 is 1.31 bits per heavy atom. The summed E-state index contributed by atoms with van der Waals surface area (Å²) < 4.78 is 5.38. The summed E-state index contributed by atoms with van der Waals surface area (Å²) in [4.78, 5) is 30.0. The summed E-state index contributed by atoms with van der Waals surface area (Å²) in [5, 5.41) is 0.694. The number of ketones is 2. The minimum absolute atomic E-state index is 0.146. The first-order valence-electron chi connectivity index (χ1n) is 12.7. The standard InChI is InChI=1S/C31H34ClNO3/c1-30(2)14-23-28(25(34)16-30)27(20-8-12-22(36-5)13-9-20)29-24(15-31(3,4)17-26(29)35)33(23)18-19-6-10-21(32)11-7-19/h6-13,27H,14-18H2,1-5H3. The van der Waals surface area contributed by atoms with Crippen LogP contribution in [0, 0.1) is 10.8 Å². The lowest BCUT2D eigenvalue weighted by atomic mass is 9.63. The Bertz CT molecular complexity index is 1230. The fourth-order valence-electron chi connectivity index (χ4n) is 6.14. The lowest BCUT2D eigenvalue weighted by Crippen LogP contribution is -2.44. The number of rotatable bonds is 4. The maximum absolute atomic E-state index is 13.8. The Morgan fingerprint density at radius 1 is 0.806 bits per heavy atom. The minimum Gasteiger partial charge on any atom is -0.497 e. The molecule has 0 unspecified atom stereocenters. The van der Waals surface area contributed by atoms with Crippen molar-refractivity contribution in [1.29, 1.82) is 0 Å². The molecule has 1 heterocycles. The van der Waals surface area contributed by atoms with Gasteiger partial charge in [0.15, 0.2) is 11.6 Å². The van der Waals surface area contributed by atoms with Gasteiger partial charge in [0.1, 0.15) is 5.75 Å². The van der Waals surface area contributed by atoms with Gasteiger partial charge >= 0.3 is 0 Å². The van der Waals surface area contributed by atoms with E-state index in [0.717, 1.165) is 52.3 Å². The third-order valence-corrected chi connectivity index (χ3v) is 7.98. The predicted molar refractivity (Wildman–Crippen MR) is 143 cm³/mol. The van der Waals surface area contributed by atoms with Crippen LogP contribution in [-0.2, 0) is 16.1 Å². The van der Waals surface area contributed by atoms with Crippen LogP contribution in [0.1, 0.15) is 70.4 Å². The van der Waals surface area contributed by atoms with E-state index >= 15 is 0 Å². The van der Waals surface area contributed by atoms with Gasteiger partial charge in [-0.25, -0.2) is 0 Å². The molecule has 0 atom stereocenters. The monoisotopic (exact) mass is 503 g/mol. The van der Waals surface area contributed by atoms with Crippen LogP contribution in [0.3, 0.4) is 0 Å². The first-order valence-corrected chi connectivity index (χ1v) is 13.0. The largest absolute Gasteiger partial charge is 0.497 e. The second-order valence-corrected chi connectivity index (χ2v) is 12.5. The number of Topliss-reactive ketones (excluding diaryl/α,β-unsaturated/α-hetero) is 2. The van der Waals surface area contributed by atoms with Gasteiger partial charge in [-0.05, 0) is 59.1 Å². The van der Waals surface area contributed by atoms with Gasteiger partial charge in [0.05, 0.1) is 7.11 Å². The van der Waals surface area contributed by atoms with Gasteiger partial charge in [-0.3, -0.25) is 9.59 Å². The normalized spacial score (nSPS) is 21.4. The van der Waals surface area contributed by atoms with Gasteiger partial charge in [-0.2, -0.15) is 0 Å². The van der Waals surface area contributed by atoms with E-state index in [4.69, 9.17) is 16.3 Å². The van der Waals surface area contributed by atoms with Crippen LogP contribution in [0.4, 0.5) is 0 Å². The summed E-state index contributed by atoms with van der Waals surface area (Å²) in [7, 11) is 1.64. The molecule has 1 aliphatic heterocycles. The number of ether oxygens (including phenoxy) is 1. The van der Waals surface area contributed by atoms with Crippen LogP contribution in [0.25, 0.3) is 0 Å². The van der Waals surface area contributed by atoms with Crippen molar-refractivity contribution in [2.45, 2.75) is 65.8 Å². The molecule has 0 spiro atoms. The highest BCUT2D eigenvalue weighted by Crippen LogP contribution is 2.54. The smallest absolute Gasteiger partial charge is 0.162 e. The predicted octanol–water partition coefficient (Wildman–Crippen LogP) is 7.23. The molecule has 36 heavy (non-hydrogen) atoms. The molecule has 5 heteroatoms. The zero-order valence-corrected chi connectivity index (χ0v) is 22.5. The summed E-state index contributed by atoms with van der Waals surface area (Å²) in [5.74, 6) is 0.712. The Kier molecular flexibility index (Phi) is 6.15. The summed E-state index contributed by atoms with van der Waals surface area (Å²) >= 11 is 6.17. The van der Waals surface area contributed by atoms with E-state index in [1.165, 1.54) is 0 Å². The molecule has 0 saturated carbocycles. The molecule has 188 valence electrons. The summed E-state index contributed by atoms with van der Waals surface area (Å²) in [5.41, 5.74) is 5.50. The average Bonchev–Trinajstić information content (AvgIpc) is 2.80. The molecule has 5 rings (SSSR count). The number of carbonyl (C=O) groups excluding carboxylic acids is 2. The molecule has 2 aliphatic carbocycles. The third-order valence-electron chi connectivity index (χ3n) is 7.72. The molecule has 2 aromatic carbocycles. The van der Waals surface area contributed by atoms with Gasteiger partial charge < -0.3 is 9.64 Å². The Morgan fingerprint density at radius 3 is 1.78 bits per heavy atom. The number of carbonyl (C=O) groups is 2. The van der Waals surface area contributed by atoms with Crippen LogP contribution in [-0.4, -0.2) is 23.6 Å². The highest BCUT2D eigenvalue weighted by molar-refractivity contribution is 6.30. The quantitative estimate of drug-likeness (QED) is 0.441. The molecule has 0 aromatic heterocycles. The second-order valence-electron chi connectivity index (χ2n) is 12.0. The fraction of sp³-hybridized carbons (Fsp3) is 0.419. The number of allylic oxidation sites excluding steroid dienone is 4. The second kappa shape index (κ2) is 8.92. The lowest BCUT2D eigenvalue weighted by molar-refractivity contribution is -0.119. The van der Waals surface area contributed by atoms with Crippen molar-refractivity contribution < 1.29 is 14.3 Å². The maximum atomic E-state index is 13.8. The van der Waals surface area contributed by atoms with E-state index < -0.39 is 0 Å². The molecule has 0 saturated heterocycles. The number of methoxy groups -OCH3 is 1. The fourth-order valence-corrected chi connectivity index (χ4v) is 6.27. The van der Waals surface area contributed by atoms with Gasteiger partial charge in [-0.1, -0.05) is 63.6 Å². The van der Waals surface area contributed by atoms with E-state index in [9.17, 15) is 9.59 Å². The average molecular weight is 504 g/mol. The SMILES string of the molecule is COc1ccc(C2C3=C(CC(C)(C)CC3=O)N(Cc3ccc(Cl)cc3)C3=C2C(=O)CC(C)(C)C3)cc1. The summed E-state index contributed by atoms with van der Waals surface area (Å²) in [6.07, 6.45) is 2.55. The van der Waals surface area contributed by atoms with Crippen molar-refractivity contribution in [2.24, 2.45) is 10.8 Å². The molecule has 0 amide bonds. The Labute approximate surface area is 219 Å². The molecule has 0 radical (unpaired) electrons. The molecule has 0 N–H and O–H groups in total. The van der Waals surface area contributed by atoms with E-state index in [0.29, 0.717) is 24.4 Å². The molecule has 0 fully saturated rings. The molecule has 2 aromatic rings. The van der Waals surface area contributed by atoms with Crippen molar-refractivity contribution >= 4 is 23.2 Å². The molecule has 0 bridgehead atoms. The Balaban J connectivity index is 1.73. The van der Waals surface area contributed by atoms with Gasteiger partial charge in [0.2, 0.25) is 0 Å². The first-order chi connectivity index (χ1) is 17.0. The maximum Gasteiger partial charge on any atom is 0.162 e. The number of nitrogens with zero attached hydrogens (tertiary/aromatic N) is 1. The summed E-state index contributed by atoms with van der Waals surface area (Å²) in [6, 6.07) is 15.7. The number of hydrogen-bond acceptors (Lipinski definition) is 4. The van der Waals surface area contributed by atoms with E-state index in [1.54, 1.807) is 7.11 Å². The summed E-state index contributed by atoms with van der Waals surface area (Å²) in [6.45, 7) is 9.26. The van der Waals surface area contributed by atoms with Crippen LogP contribution in [0.2, 0.25) is 5.02 Å². The van der Waals surface area contributed by atoms with Gasteiger partial charge in [0.25, 0.3) is 0 Å². The van der Waals surface area contributed by atoms with E-state index in [2.05, 4.69) is 32.6 Å². The van der Waals surface area contributed by atoms with Crippen molar-refractivity contribution in [3.63, 3.8) is 0 Å². The zero-order chi connectivity index (χ0) is 25.8. The molecule has 3 aliphatic rings. The highest BCUT2D eigenvalue weighted by atomic mass is 35.5. The zero-order valence-electron chi connectivity index (χ0n) is 21.8. The van der Waals surface area contributed by atoms with E-state index in [-0.39, 0.29) is 28.3 Å². The molecule has 4 nitrogen and oxygen atoms in total. The molecular weight excluding hydrogens is 470 g/mol. The highest BCUT2D eigenvalue weighted by Gasteiger charge is 2.48. The van der Waals surface area contributed by atoms with Crippen LogP contribution in [0.15, 0.2) is 71.1 Å². The van der Waals surface area contributed by atoms with Crippen molar-refractivity contribution in [3.8, 4) is 5.75 Å².